The van der Waals surface area contributed by atoms with Crippen LogP contribution < -0.4 is 5.32 Å². The van der Waals surface area contributed by atoms with Crippen molar-refractivity contribution in [2.75, 3.05) is 5.32 Å². The van der Waals surface area contributed by atoms with E-state index in [0.29, 0.717) is 11.5 Å². The fourth-order valence-corrected chi connectivity index (χ4v) is 2.75. The standard InChI is InChI=1S/C22H21NO/c1-16(2)20-10-6-7-11-21(20)23-22(24)19-14-12-18(13-15-19)17-8-4-3-5-9-17/h3-16H,1-2H3,(H,23,24). The number of para-hydroxylation sites is 1. The second-order valence-electron chi connectivity index (χ2n) is 6.14. The van der Waals surface area contributed by atoms with Crippen molar-refractivity contribution >= 4 is 11.6 Å². The topological polar surface area (TPSA) is 29.1 Å². The molecular formula is C22H21NO. The highest BCUT2D eigenvalue weighted by Crippen LogP contribution is 2.25. The summed E-state index contributed by atoms with van der Waals surface area (Å²) in [5.74, 6) is 0.282. The van der Waals surface area contributed by atoms with Crippen molar-refractivity contribution in [3.8, 4) is 11.1 Å². The minimum absolute atomic E-state index is 0.0808. The summed E-state index contributed by atoms with van der Waals surface area (Å²) in [4.78, 5) is 12.5. The predicted octanol–water partition coefficient (Wildman–Crippen LogP) is 5.73. The summed E-state index contributed by atoms with van der Waals surface area (Å²) in [5.41, 5.74) is 4.94. The number of carbonyl (C=O) groups excluding carboxylic acids is 1. The fraction of sp³-hybridized carbons (Fsp3) is 0.136. The van der Waals surface area contributed by atoms with Crippen LogP contribution in [0.4, 0.5) is 5.69 Å². The molecule has 2 heteroatoms. The van der Waals surface area contributed by atoms with E-state index < -0.39 is 0 Å². The van der Waals surface area contributed by atoms with Gasteiger partial charge in [0.15, 0.2) is 0 Å². The van der Waals surface area contributed by atoms with Gasteiger partial charge in [-0.15, -0.1) is 0 Å². The van der Waals surface area contributed by atoms with E-state index in [9.17, 15) is 4.79 Å². The third-order valence-electron chi connectivity index (χ3n) is 4.09. The number of carbonyl (C=O) groups is 1. The third kappa shape index (κ3) is 3.54. The molecule has 3 aromatic rings. The van der Waals surface area contributed by atoms with Gasteiger partial charge >= 0.3 is 0 Å². The van der Waals surface area contributed by atoms with Gasteiger partial charge in [0.2, 0.25) is 0 Å². The van der Waals surface area contributed by atoms with E-state index in [1.54, 1.807) is 0 Å². The maximum absolute atomic E-state index is 12.5. The summed E-state index contributed by atoms with van der Waals surface area (Å²) in [5, 5.41) is 3.03. The van der Waals surface area contributed by atoms with Gasteiger partial charge < -0.3 is 5.32 Å². The van der Waals surface area contributed by atoms with Crippen LogP contribution in [0.3, 0.4) is 0 Å². The van der Waals surface area contributed by atoms with Crippen molar-refractivity contribution in [1.82, 2.24) is 0 Å². The monoisotopic (exact) mass is 315 g/mol. The number of rotatable bonds is 4. The Morgan fingerprint density at radius 2 is 1.33 bits per heavy atom. The van der Waals surface area contributed by atoms with Crippen LogP contribution in [0.15, 0.2) is 78.9 Å². The normalized spacial score (nSPS) is 10.6. The van der Waals surface area contributed by atoms with Gasteiger partial charge in [0.1, 0.15) is 0 Å². The van der Waals surface area contributed by atoms with Crippen LogP contribution in [0, 0.1) is 0 Å². The van der Waals surface area contributed by atoms with E-state index in [2.05, 4.69) is 37.4 Å². The van der Waals surface area contributed by atoms with Crippen LogP contribution >= 0.6 is 0 Å². The van der Waals surface area contributed by atoms with Crippen LogP contribution in [0.5, 0.6) is 0 Å². The first kappa shape index (κ1) is 16.0. The molecule has 1 amide bonds. The quantitative estimate of drug-likeness (QED) is 0.654. The molecule has 3 rings (SSSR count). The third-order valence-corrected chi connectivity index (χ3v) is 4.09. The largest absolute Gasteiger partial charge is 0.322 e. The number of hydrogen-bond acceptors (Lipinski definition) is 1. The minimum atomic E-state index is -0.0808. The molecule has 0 radical (unpaired) electrons. The zero-order valence-corrected chi connectivity index (χ0v) is 14.0. The predicted molar refractivity (Wildman–Crippen MR) is 100 cm³/mol. The highest BCUT2D eigenvalue weighted by molar-refractivity contribution is 6.04. The second kappa shape index (κ2) is 7.14. The molecule has 2 nitrogen and oxygen atoms in total. The SMILES string of the molecule is CC(C)c1ccccc1NC(=O)c1ccc(-c2ccccc2)cc1. The van der Waals surface area contributed by atoms with E-state index in [-0.39, 0.29) is 5.91 Å². The maximum Gasteiger partial charge on any atom is 0.255 e. The highest BCUT2D eigenvalue weighted by atomic mass is 16.1. The van der Waals surface area contributed by atoms with Crippen LogP contribution in [0.25, 0.3) is 11.1 Å². The van der Waals surface area contributed by atoms with Gasteiger partial charge in [-0.05, 0) is 40.8 Å². The van der Waals surface area contributed by atoms with Crippen LogP contribution in [-0.2, 0) is 0 Å². The Morgan fingerprint density at radius 1 is 0.750 bits per heavy atom. The lowest BCUT2D eigenvalue weighted by Crippen LogP contribution is -2.13. The molecule has 0 unspecified atom stereocenters. The number of hydrogen-bond donors (Lipinski definition) is 1. The highest BCUT2D eigenvalue weighted by Gasteiger charge is 2.11. The molecule has 0 aromatic heterocycles. The molecule has 0 saturated heterocycles. The van der Waals surface area contributed by atoms with Crippen molar-refractivity contribution in [3.05, 3.63) is 90.0 Å². The molecule has 3 aromatic carbocycles. The van der Waals surface area contributed by atoms with Crippen LogP contribution in [-0.4, -0.2) is 5.91 Å². The van der Waals surface area contributed by atoms with Crippen molar-refractivity contribution in [2.45, 2.75) is 19.8 Å². The lowest BCUT2D eigenvalue weighted by molar-refractivity contribution is 0.102. The van der Waals surface area contributed by atoms with Crippen LogP contribution in [0.2, 0.25) is 0 Å². The van der Waals surface area contributed by atoms with Crippen molar-refractivity contribution in [3.63, 3.8) is 0 Å². The summed E-state index contributed by atoms with van der Waals surface area (Å²) in [6.45, 7) is 4.25. The Bertz CT molecular complexity index is 820. The Kier molecular flexibility index (Phi) is 4.76. The summed E-state index contributed by atoms with van der Waals surface area (Å²) in [7, 11) is 0. The summed E-state index contributed by atoms with van der Waals surface area (Å²) < 4.78 is 0. The van der Waals surface area contributed by atoms with Gasteiger partial charge in [-0.25, -0.2) is 0 Å². The fourth-order valence-electron chi connectivity index (χ4n) is 2.75. The summed E-state index contributed by atoms with van der Waals surface area (Å²) in [6.07, 6.45) is 0. The molecule has 0 aliphatic heterocycles. The first-order valence-electron chi connectivity index (χ1n) is 8.21. The molecule has 0 spiro atoms. The second-order valence-corrected chi connectivity index (χ2v) is 6.14. The maximum atomic E-state index is 12.5. The summed E-state index contributed by atoms with van der Waals surface area (Å²) in [6, 6.07) is 25.8. The molecule has 0 fully saturated rings. The zero-order valence-electron chi connectivity index (χ0n) is 14.0. The zero-order chi connectivity index (χ0) is 16.9. The van der Waals surface area contributed by atoms with E-state index in [1.807, 2.05) is 60.7 Å². The molecule has 0 heterocycles. The van der Waals surface area contributed by atoms with Crippen LogP contribution in [0.1, 0.15) is 35.7 Å². The molecule has 0 aliphatic carbocycles. The van der Waals surface area contributed by atoms with Gasteiger partial charge in [-0.1, -0.05) is 74.5 Å². The Morgan fingerprint density at radius 3 is 2.00 bits per heavy atom. The van der Waals surface area contributed by atoms with E-state index in [4.69, 9.17) is 0 Å². The van der Waals surface area contributed by atoms with Gasteiger partial charge in [0, 0.05) is 11.3 Å². The van der Waals surface area contributed by atoms with Crippen molar-refractivity contribution in [2.24, 2.45) is 0 Å². The van der Waals surface area contributed by atoms with E-state index in [1.165, 1.54) is 0 Å². The van der Waals surface area contributed by atoms with Crippen molar-refractivity contribution in [1.29, 1.82) is 0 Å². The van der Waals surface area contributed by atoms with E-state index >= 15 is 0 Å². The average molecular weight is 315 g/mol. The molecule has 120 valence electrons. The van der Waals surface area contributed by atoms with Gasteiger partial charge in [-0.2, -0.15) is 0 Å². The number of benzene rings is 3. The number of nitrogens with one attached hydrogen (secondary N) is 1. The Balaban J connectivity index is 1.79. The first-order valence-corrected chi connectivity index (χ1v) is 8.21. The van der Waals surface area contributed by atoms with Gasteiger partial charge in [-0.3, -0.25) is 4.79 Å². The lowest BCUT2D eigenvalue weighted by atomic mass is 10.0. The lowest BCUT2D eigenvalue weighted by Gasteiger charge is -2.13. The molecule has 0 saturated carbocycles. The average Bonchev–Trinajstić information content (AvgIpc) is 2.63. The number of anilines is 1. The number of amides is 1. The van der Waals surface area contributed by atoms with E-state index in [0.717, 1.165) is 22.4 Å². The van der Waals surface area contributed by atoms with Gasteiger partial charge in [0.25, 0.3) is 5.91 Å². The first-order chi connectivity index (χ1) is 11.6. The van der Waals surface area contributed by atoms with Gasteiger partial charge in [0.05, 0.1) is 0 Å². The summed E-state index contributed by atoms with van der Waals surface area (Å²) >= 11 is 0. The minimum Gasteiger partial charge on any atom is -0.322 e. The molecule has 1 N–H and O–H groups in total. The smallest absolute Gasteiger partial charge is 0.255 e. The molecule has 24 heavy (non-hydrogen) atoms. The Hall–Kier alpha value is -2.87. The molecule has 0 bridgehead atoms. The molecule has 0 atom stereocenters. The molecule has 0 aliphatic rings. The molecular weight excluding hydrogens is 294 g/mol. The van der Waals surface area contributed by atoms with Crippen molar-refractivity contribution < 1.29 is 4.79 Å². The Labute approximate surface area is 143 Å².